The molecule has 14 heavy (non-hydrogen) atoms. The predicted octanol–water partition coefficient (Wildman–Crippen LogP) is 1.33. The van der Waals surface area contributed by atoms with Crippen LogP contribution in [0.2, 0.25) is 0 Å². The molecule has 0 bridgehead atoms. The predicted molar refractivity (Wildman–Crippen MR) is 54.1 cm³/mol. The molecule has 0 spiro atoms. The van der Waals surface area contributed by atoms with Gasteiger partial charge in [0.15, 0.2) is 0 Å². The molecule has 1 fully saturated rings. The third-order valence-corrected chi connectivity index (χ3v) is 4.06. The molecule has 0 amide bonds. The Labute approximate surface area is 96.3 Å². The minimum atomic E-state index is 0.546. The minimum absolute atomic E-state index is 0.546. The van der Waals surface area contributed by atoms with Crippen LogP contribution in [-0.2, 0) is 33.4 Å². The molecule has 1 aliphatic rings. The number of imidazole rings is 1. The fourth-order valence-electron chi connectivity index (χ4n) is 1.52. The van der Waals surface area contributed by atoms with Crippen molar-refractivity contribution in [1.29, 1.82) is 0 Å². The molecule has 2 N–H and O–H groups in total. The smallest absolute Gasteiger partial charge is 0.00388 e. The second kappa shape index (κ2) is 5.67. The first-order valence-electron chi connectivity index (χ1n) is 5.00. The molecule has 3 nitrogen and oxygen atoms in total. The molecule has 1 saturated carbocycles. The molecular weight excluding hydrogens is 357 g/mol. The van der Waals surface area contributed by atoms with E-state index in [0.29, 0.717) is 6.04 Å². The van der Waals surface area contributed by atoms with Crippen LogP contribution in [0.15, 0.2) is 12.4 Å². The summed E-state index contributed by atoms with van der Waals surface area (Å²) in [4.78, 5) is 0. The molecule has 1 heterocycles. The van der Waals surface area contributed by atoms with Gasteiger partial charge in [-0.05, 0) is 12.8 Å². The van der Waals surface area contributed by atoms with Crippen molar-refractivity contribution in [3.8, 4) is 0 Å². The summed E-state index contributed by atoms with van der Waals surface area (Å²) in [5.74, 6) is 0. The Kier molecular flexibility index (Phi) is 4.83. The number of hydrogen-bond donors (Lipinski definition) is 1. The molecule has 1 aromatic heterocycles. The Morgan fingerprint density at radius 3 is 1.79 bits per heavy atom. The van der Waals surface area contributed by atoms with Gasteiger partial charge in [-0.1, -0.05) is 12.8 Å². The molecule has 0 aromatic carbocycles. The van der Waals surface area contributed by atoms with Crippen molar-refractivity contribution in [3.05, 3.63) is 16.2 Å². The van der Waals surface area contributed by atoms with Gasteiger partial charge in [-0.2, -0.15) is 0 Å². The van der Waals surface area contributed by atoms with E-state index in [9.17, 15) is 0 Å². The summed E-state index contributed by atoms with van der Waals surface area (Å²) in [6.07, 6.45) is 9.31. The molecule has 84 valence electrons. The topological polar surface area (TPSA) is 35.9 Å². The SMILES string of the molecule is Cn1ccn(C)[c]1=[Pt].NC1CCCC1. The summed E-state index contributed by atoms with van der Waals surface area (Å²) in [5, 5.41) is 0. The molecule has 0 aliphatic heterocycles. The number of nitrogens with two attached hydrogens (primary N) is 1. The van der Waals surface area contributed by atoms with E-state index in [1.807, 2.05) is 26.5 Å². The van der Waals surface area contributed by atoms with Crippen LogP contribution in [0.4, 0.5) is 0 Å². The molecular formula is C10H19N3Pt. The van der Waals surface area contributed by atoms with Crippen LogP contribution in [0.1, 0.15) is 25.7 Å². The molecule has 1 aliphatic carbocycles. The molecule has 0 saturated heterocycles. The van der Waals surface area contributed by atoms with E-state index in [1.54, 1.807) is 0 Å². The largest absolute Gasteiger partial charge is 0.328 e. The van der Waals surface area contributed by atoms with Crippen LogP contribution in [0.5, 0.6) is 0 Å². The molecule has 0 atom stereocenters. The third kappa shape index (κ3) is 3.55. The quantitative estimate of drug-likeness (QED) is 0.729. The van der Waals surface area contributed by atoms with Crippen LogP contribution in [-0.4, -0.2) is 15.2 Å². The van der Waals surface area contributed by atoms with Gasteiger partial charge in [-0.25, -0.2) is 0 Å². The second-order valence-electron chi connectivity index (χ2n) is 3.81. The number of hydrogen-bond acceptors (Lipinski definition) is 1. The maximum absolute atomic E-state index is 5.53. The maximum atomic E-state index is 5.53. The van der Waals surface area contributed by atoms with Gasteiger partial charge in [-0.15, -0.1) is 0 Å². The van der Waals surface area contributed by atoms with E-state index in [4.69, 9.17) is 5.73 Å². The Bertz CT molecular complexity index is 298. The van der Waals surface area contributed by atoms with E-state index in [2.05, 4.69) is 28.5 Å². The number of rotatable bonds is 0. The van der Waals surface area contributed by atoms with Gasteiger partial charge in [0.25, 0.3) is 0 Å². The van der Waals surface area contributed by atoms with Crippen LogP contribution in [0, 0.1) is 3.80 Å². The van der Waals surface area contributed by atoms with Crippen molar-refractivity contribution in [1.82, 2.24) is 9.13 Å². The van der Waals surface area contributed by atoms with Crippen LogP contribution in [0.25, 0.3) is 0 Å². The van der Waals surface area contributed by atoms with Crippen LogP contribution in [0.3, 0.4) is 0 Å². The zero-order valence-electron chi connectivity index (χ0n) is 8.85. The molecule has 0 radical (unpaired) electrons. The normalized spacial score (nSPS) is 16.6. The minimum Gasteiger partial charge on any atom is -0.328 e. The first-order valence-corrected chi connectivity index (χ1v) is 6.14. The van der Waals surface area contributed by atoms with Gasteiger partial charge in [0.1, 0.15) is 0 Å². The maximum Gasteiger partial charge on any atom is 0.00388 e. The van der Waals surface area contributed by atoms with Crippen LogP contribution < -0.4 is 5.73 Å². The van der Waals surface area contributed by atoms with E-state index in [0.717, 1.165) is 0 Å². The van der Waals surface area contributed by atoms with Gasteiger partial charge in [0.05, 0.1) is 0 Å². The zero-order valence-corrected chi connectivity index (χ0v) is 11.1. The van der Waals surface area contributed by atoms with Gasteiger partial charge in [0.2, 0.25) is 0 Å². The Hall–Kier alpha value is -0.142. The van der Waals surface area contributed by atoms with Gasteiger partial charge in [-0.3, -0.25) is 0 Å². The Balaban J connectivity index is 0.000000146. The van der Waals surface area contributed by atoms with Crippen molar-refractivity contribution >= 4 is 0 Å². The Morgan fingerprint density at radius 1 is 1.21 bits per heavy atom. The van der Waals surface area contributed by atoms with E-state index < -0.39 is 0 Å². The third-order valence-electron chi connectivity index (χ3n) is 2.45. The van der Waals surface area contributed by atoms with Crippen molar-refractivity contribution in [2.75, 3.05) is 0 Å². The fraction of sp³-hybridized carbons (Fsp3) is 0.700. The molecule has 4 heteroatoms. The first-order chi connectivity index (χ1) is 6.61. The number of aryl methyl sites for hydroxylation is 2. The fourth-order valence-corrected chi connectivity index (χ4v) is 1.86. The van der Waals surface area contributed by atoms with E-state index in [1.165, 1.54) is 29.5 Å². The summed E-state index contributed by atoms with van der Waals surface area (Å²) >= 11 is 2.27. The summed E-state index contributed by atoms with van der Waals surface area (Å²) in [5.41, 5.74) is 5.53. The average Bonchev–Trinajstić information content (AvgIpc) is 2.73. The van der Waals surface area contributed by atoms with Gasteiger partial charge in [0, 0.05) is 6.04 Å². The summed E-state index contributed by atoms with van der Waals surface area (Å²) in [6, 6.07) is 0.546. The standard InChI is InChI=1S/C5H8N2.C5H11N.Pt/c1-6-3-4-7(2)5-6;6-5-3-1-2-4-5;/h3-4H,1-2H3;5H,1-4,6H2;. The number of nitrogens with zero attached hydrogens (tertiary/aromatic N) is 2. The van der Waals surface area contributed by atoms with Crippen molar-refractivity contribution in [2.24, 2.45) is 19.8 Å². The summed E-state index contributed by atoms with van der Waals surface area (Å²) < 4.78 is 5.38. The first kappa shape index (κ1) is 11.9. The van der Waals surface area contributed by atoms with Crippen molar-refractivity contribution < 1.29 is 19.4 Å². The molecule has 2 rings (SSSR count). The van der Waals surface area contributed by atoms with E-state index >= 15 is 0 Å². The summed E-state index contributed by atoms with van der Waals surface area (Å²) in [6.45, 7) is 0. The zero-order chi connectivity index (χ0) is 10.6. The van der Waals surface area contributed by atoms with Crippen molar-refractivity contribution in [2.45, 2.75) is 31.7 Å². The van der Waals surface area contributed by atoms with Gasteiger partial charge >= 0.3 is 58.8 Å². The Morgan fingerprint density at radius 2 is 1.64 bits per heavy atom. The summed E-state index contributed by atoms with van der Waals surface area (Å²) in [7, 11) is 4.06. The monoisotopic (exact) mass is 376 g/mol. The molecule has 1 aromatic rings. The van der Waals surface area contributed by atoms with Gasteiger partial charge < -0.3 is 5.73 Å². The van der Waals surface area contributed by atoms with Crippen molar-refractivity contribution in [3.63, 3.8) is 0 Å². The van der Waals surface area contributed by atoms with Crippen LogP contribution >= 0.6 is 0 Å². The average molecular weight is 376 g/mol. The second-order valence-corrected chi connectivity index (χ2v) is 4.82. The number of aromatic nitrogens is 2. The molecule has 0 unspecified atom stereocenters. The van der Waals surface area contributed by atoms with E-state index in [-0.39, 0.29) is 0 Å².